The molecule has 1 nitrogen and oxygen atoms in total. The van der Waals surface area contributed by atoms with Crippen molar-refractivity contribution in [3.63, 3.8) is 0 Å². The van der Waals surface area contributed by atoms with Crippen molar-refractivity contribution in [2.75, 3.05) is 0 Å². The van der Waals surface area contributed by atoms with Gasteiger partial charge in [0.25, 0.3) is 0 Å². The minimum Gasteiger partial charge on any atom is -0.489 e. The fraction of sp³-hybridized carbons (Fsp3) is 0.333. The predicted octanol–water partition coefficient (Wildman–Crippen LogP) is 4.60. The maximum Gasteiger partial charge on any atom is 0.130 e. The summed E-state index contributed by atoms with van der Waals surface area (Å²) in [7, 11) is 0. The molecule has 3 rings (SSSR count). The highest BCUT2D eigenvalue weighted by Crippen LogP contribution is 2.42. The normalized spacial score (nSPS) is 17.2. The van der Waals surface area contributed by atoms with E-state index in [1.807, 2.05) is 0 Å². The number of hydrogen-bond acceptors (Lipinski definition) is 1. The average Bonchev–Trinajstić information content (AvgIpc) is 2.69. The van der Waals surface area contributed by atoms with Gasteiger partial charge in [-0.2, -0.15) is 0 Å². The molecule has 0 saturated heterocycles. The molecule has 1 unspecified atom stereocenters. The van der Waals surface area contributed by atoms with E-state index in [9.17, 15) is 0 Å². The third kappa shape index (κ3) is 2.03. The smallest absolute Gasteiger partial charge is 0.130 e. The summed E-state index contributed by atoms with van der Waals surface area (Å²) in [5, 5.41) is 0. The molecular formula is C18H20O. The van der Waals surface area contributed by atoms with Gasteiger partial charge in [0, 0.05) is 12.0 Å². The van der Waals surface area contributed by atoms with Gasteiger partial charge in [0.05, 0.1) is 0 Å². The van der Waals surface area contributed by atoms with Crippen molar-refractivity contribution in [1.29, 1.82) is 0 Å². The summed E-state index contributed by atoms with van der Waals surface area (Å²) in [6.45, 7) is 8.66. The van der Waals surface area contributed by atoms with Crippen LogP contribution >= 0.6 is 0 Å². The number of ether oxygens (including phenoxy) is 1. The van der Waals surface area contributed by atoms with E-state index < -0.39 is 0 Å². The van der Waals surface area contributed by atoms with Gasteiger partial charge in [0.1, 0.15) is 11.9 Å². The SMILES string of the molecule is Cc1cc2c(c(-c3c(C)cccc3C)c1)OC(C)C2. The maximum atomic E-state index is 6.06. The Kier molecular flexibility index (Phi) is 2.85. The lowest BCUT2D eigenvalue weighted by Gasteiger charge is -2.15. The van der Waals surface area contributed by atoms with E-state index in [0.29, 0.717) is 6.10 Å². The van der Waals surface area contributed by atoms with Crippen molar-refractivity contribution >= 4 is 0 Å². The highest BCUT2D eigenvalue weighted by Gasteiger charge is 2.24. The van der Waals surface area contributed by atoms with E-state index in [4.69, 9.17) is 4.74 Å². The number of aryl methyl sites for hydroxylation is 3. The summed E-state index contributed by atoms with van der Waals surface area (Å²) in [5.74, 6) is 1.09. The van der Waals surface area contributed by atoms with Gasteiger partial charge in [0.2, 0.25) is 0 Å². The lowest BCUT2D eigenvalue weighted by atomic mass is 9.92. The van der Waals surface area contributed by atoms with Gasteiger partial charge in [-0.25, -0.2) is 0 Å². The topological polar surface area (TPSA) is 9.23 Å². The van der Waals surface area contributed by atoms with Gasteiger partial charge in [-0.3, -0.25) is 0 Å². The molecule has 0 spiro atoms. The molecule has 1 atom stereocenters. The molecule has 0 aliphatic carbocycles. The zero-order chi connectivity index (χ0) is 13.6. The molecular weight excluding hydrogens is 232 g/mol. The van der Waals surface area contributed by atoms with Crippen LogP contribution in [0.4, 0.5) is 0 Å². The molecule has 2 aromatic carbocycles. The molecule has 0 saturated carbocycles. The highest BCUT2D eigenvalue weighted by atomic mass is 16.5. The van der Waals surface area contributed by atoms with Crippen LogP contribution in [0.15, 0.2) is 30.3 Å². The van der Waals surface area contributed by atoms with Gasteiger partial charge in [-0.1, -0.05) is 24.3 Å². The summed E-state index contributed by atoms with van der Waals surface area (Å²) in [4.78, 5) is 0. The third-order valence-electron chi connectivity index (χ3n) is 3.89. The lowest BCUT2D eigenvalue weighted by Crippen LogP contribution is -2.05. The Bertz CT molecular complexity index is 620. The molecule has 19 heavy (non-hydrogen) atoms. The first-order valence-electron chi connectivity index (χ1n) is 6.93. The molecule has 0 bridgehead atoms. The zero-order valence-electron chi connectivity index (χ0n) is 12.1. The monoisotopic (exact) mass is 252 g/mol. The predicted molar refractivity (Wildman–Crippen MR) is 79.9 cm³/mol. The van der Waals surface area contributed by atoms with Crippen LogP contribution < -0.4 is 4.74 Å². The molecule has 1 aliphatic heterocycles. The Labute approximate surface area is 115 Å². The average molecular weight is 252 g/mol. The van der Waals surface area contributed by atoms with Crippen molar-refractivity contribution in [1.82, 2.24) is 0 Å². The molecule has 2 aromatic rings. The van der Waals surface area contributed by atoms with Gasteiger partial charge in [-0.15, -0.1) is 0 Å². The van der Waals surface area contributed by atoms with Gasteiger partial charge in [0.15, 0.2) is 0 Å². The first-order chi connectivity index (χ1) is 9.06. The molecule has 0 amide bonds. The van der Waals surface area contributed by atoms with Crippen LogP contribution in [0.2, 0.25) is 0 Å². The van der Waals surface area contributed by atoms with E-state index in [1.165, 1.54) is 33.4 Å². The van der Waals surface area contributed by atoms with Crippen molar-refractivity contribution < 1.29 is 4.74 Å². The van der Waals surface area contributed by atoms with Crippen LogP contribution in [0, 0.1) is 20.8 Å². The minimum absolute atomic E-state index is 0.292. The van der Waals surface area contributed by atoms with E-state index in [-0.39, 0.29) is 0 Å². The molecule has 98 valence electrons. The van der Waals surface area contributed by atoms with Gasteiger partial charge < -0.3 is 4.74 Å². The first-order valence-corrected chi connectivity index (χ1v) is 6.93. The zero-order valence-corrected chi connectivity index (χ0v) is 12.1. The summed E-state index contributed by atoms with van der Waals surface area (Å²) in [6.07, 6.45) is 1.31. The standard InChI is InChI=1S/C18H20O/c1-11-8-15-10-14(4)19-18(15)16(9-11)17-12(2)6-5-7-13(17)3/h5-9,14H,10H2,1-4H3. The summed E-state index contributed by atoms with van der Waals surface area (Å²) in [5.41, 5.74) is 7.89. The van der Waals surface area contributed by atoms with Crippen LogP contribution in [0.3, 0.4) is 0 Å². The second kappa shape index (κ2) is 4.41. The van der Waals surface area contributed by atoms with Crippen molar-refractivity contribution in [3.8, 4) is 16.9 Å². The van der Waals surface area contributed by atoms with Crippen molar-refractivity contribution in [2.45, 2.75) is 40.2 Å². The molecule has 1 heterocycles. The molecule has 1 heteroatoms. The number of fused-ring (bicyclic) bond motifs is 1. The molecule has 0 radical (unpaired) electrons. The fourth-order valence-corrected chi connectivity index (χ4v) is 3.12. The molecule has 1 aliphatic rings. The largest absolute Gasteiger partial charge is 0.489 e. The van der Waals surface area contributed by atoms with Gasteiger partial charge in [-0.05, 0) is 61.6 Å². The van der Waals surface area contributed by atoms with Crippen LogP contribution in [-0.4, -0.2) is 6.10 Å². The number of hydrogen-bond donors (Lipinski definition) is 0. The summed E-state index contributed by atoms with van der Waals surface area (Å²) in [6, 6.07) is 11.0. The van der Waals surface area contributed by atoms with Crippen molar-refractivity contribution in [3.05, 3.63) is 52.6 Å². The van der Waals surface area contributed by atoms with Crippen molar-refractivity contribution in [2.24, 2.45) is 0 Å². The second-order valence-electron chi connectivity index (χ2n) is 5.70. The third-order valence-corrected chi connectivity index (χ3v) is 3.89. The Morgan fingerprint density at radius 2 is 1.74 bits per heavy atom. The first kappa shape index (κ1) is 12.3. The van der Waals surface area contributed by atoms with E-state index in [0.717, 1.165) is 12.2 Å². The Morgan fingerprint density at radius 1 is 1.05 bits per heavy atom. The Hall–Kier alpha value is -1.76. The second-order valence-corrected chi connectivity index (χ2v) is 5.70. The maximum absolute atomic E-state index is 6.06. The van der Waals surface area contributed by atoms with Crippen LogP contribution in [0.25, 0.3) is 11.1 Å². The lowest BCUT2D eigenvalue weighted by molar-refractivity contribution is 0.255. The Morgan fingerprint density at radius 3 is 2.42 bits per heavy atom. The van der Waals surface area contributed by atoms with E-state index in [1.54, 1.807) is 0 Å². The van der Waals surface area contributed by atoms with Crippen LogP contribution in [0.1, 0.15) is 29.2 Å². The molecule has 0 aromatic heterocycles. The fourth-order valence-electron chi connectivity index (χ4n) is 3.12. The minimum atomic E-state index is 0.292. The van der Waals surface area contributed by atoms with Crippen LogP contribution in [-0.2, 0) is 6.42 Å². The summed E-state index contributed by atoms with van der Waals surface area (Å²) >= 11 is 0. The molecule has 0 fully saturated rings. The van der Waals surface area contributed by atoms with Gasteiger partial charge >= 0.3 is 0 Å². The number of rotatable bonds is 1. The van der Waals surface area contributed by atoms with Crippen LogP contribution in [0.5, 0.6) is 5.75 Å². The van der Waals surface area contributed by atoms with E-state index >= 15 is 0 Å². The quantitative estimate of drug-likeness (QED) is 0.720. The highest BCUT2D eigenvalue weighted by molar-refractivity contribution is 5.78. The van der Waals surface area contributed by atoms with E-state index in [2.05, 4.69) is 58.0 Å². The molecule has 0 N–H and O–H groups in total. The number of benzene rings is 2. The summed E-state index contributed by atoms with van der Waals surface area (Å²) < 4.78 is 6.06. The Balaban J connectivity index is 2.27.